The predicted molar refractivity (Wildman–Crippen MR) is 41.9 cm³/mol. The van der Waals surface area contributed by atoms with Gasteiger partial charge in [0.25, 0.3) is 0 Å². The quantitative estimate of drug-likeness (QED) is 0.497. The molecule has 1 saturated heterocycles. The third-order valence-electron chi connectivity index (χ3n) is 1.17. The van der Waals surface area contributed by atoms with Crippen molar-refractivity contribution in [1.29, 1.82) is 0 Å². The summed E-state index contributed by atoms with van der Waals surface area (Å²) in [5, 5.41) is 0. The van der Waals surface area contributed by atoms with E-state index in [4.69, 9.17) is 4.74 Å². The Kier molecular flexibility index (Phi) is 2.97. The van der Waals surface area contributed by atoms with E-state index in [0.717, 1.165) is 6.61 Å². The predicted octanol–water partition coefficient (Wildman–Crippen LogP) is 2.09. The number of hydrogen-bond donors (Lipinski definition) is 0. The van der Waals surface area contributed by atoms with E-state index in [9.17, 15) is 0 Å². The molecule has 1 aliphatic rings. The van der Waals surface area contributed by atoms with Crippen molar-refractivity contribution >= 4 is 0 Å². The van der Waals surface area contributed by atoms with E-state index in [1.807, 2.05) is 36.4 Å². The molecule has 1 nitrogen and oxygen atoms in total. The van der Waals surface area contributed by atoms with Crippen molar-refractivity contribution < 1.29 is 4.74 Å². The second-order valence-electron chi connectivity index (χ2n) is 2.30. The second kappa shape index (κ2) is 4.07. The van der Waals surface area contributed by atoms with Gasteiger partial charge in [-0.3, -0.25) is 0 Å². The SMILES string of the molecule is CC1CO1.c1ccccc1. The summed E-state index contributed by atoms with van der Waals surface area (Å²) in [6.45, 7) is 3.04. The van der Waals surface area contributed by atoms with Gasteiger partial charge in [0, 0.05) is 0 Å². The Labute approximate surface area is 61.6 Å². The van der Waals surface area contributed by atoms with Crippen LogP contribution in [0.5, 0.6) is 0 Å². The van der Waals surface area contributed by atoms with Crippen LogP contribution in [0.4, 0.5) is 0 Å². The van der Waals surface area contributed by atoms with Gasteiger partial charge in [-0.25, -0.2) is 0 Å². The molecule has 0 radical (unpaired) electrons. The Bertz CT molecular complexity index is 129. The Morgan fingerprint density at radius 2 is 1.20 bits per heavy atom. The third kappa shape index (κ3) is 4.10. The topological polar surface area (TPSA) is 12.5 Å². The molecule has 1 fully saturated rings. The molecule has 0 N–H and O–H groups in total. The van der Waals surface area contributed by atoms with Gasteiger partial charge in [-0.15, -0.1) is 0 Å². The molecule has 0 saturated carbocycles. The van der Waals surface area contributed by atoms with Crippen LogP contribution in [-0.2, 0) is 4.74 Å². The lowest BCUT2D eigenvalue weighted by Crippen LogP contribution is -1.60. The summed E-state index contributed by atoms with van der Waals surface area (Å²) in [5.74, 6) is 0. The molecule has 0 aromatic heterocycles. The minimum Gasteiger partial charge on any atom is -0.373 e. The standard InChI is InChI=1S/C6H6.C3H6O/c1-2-4-6-5-3-1;1-3-2-4-3/h1-6H;3H,2H2,1H3. The van der Waals surface area contributed by atoms with Crippen molar-refractivity contribution in [2.24, 2.45) is 0 Å². The maximum absolute atomic E-state index is 4.71. The molecular formula is C9H12O. The first kappa shape index (κ1) is 7.29. The van der Waals surface area contributed by atoms with Crippen molar-refractivity contribution in [3.63, 3.8) is 0 Å². The van der Waals surface area contributed by atoms with Gasteiger partial charge < -0.3 is 4.74 Å². The maximum Gasteiger partial charge on any atom is 0.0781 e. The van der Waals surface area contributed by atoms with E-state index < -0.39 is 0 Å². The van der Waals surface area contributed by atoms with Crippen LogP contribution in [0.25, 0.3) is 0 Å². The highest BCUT2D eigenvalue weighted by Gasteiger charge is 2.13. The first-order chi connectivity index (χ1) is 4.89. The van der Waals surface area contributed by atoms with Crippen molar-refractivity contribution in [2.75, 3.05) is 6.61 Å². The van der Waals surface area contributed by atoms with Gasteiger partial charge >= 0.3 is 0 Å². The summed E-state index contributed by atoms with van der Waals surface area (Å²) < 4.78 is 4.71. The van der Waals surface area contributed by atoms with Crippen molar-refractivity contribution in [3.8, 4) is 0 Å². The summed E-state index contributed by atoms with van der Waals surface area (Å²) in [6, 6.07) is 12.0. The molecule has 1 heterocycles. The fourth-order valence-corrected chi connectivity index (χ4v) is 0.481. The maximum atomic E-state index is 4.71. The Hall–Kier alpha value is -0.820. The molecule has 0 aliphatic carbocycles. The van der Waals surface area contributed by atoms with Gasteiger partial charge in [-0.05, 0) is 6.92 Å². The summed E-state index contributed by atoms with van der Waals surface area (Å²) in [4.78, 5) is 0. The van der Waals surface area contributed by atoms with E-state index >= 15 is 0 Å². The zero-order chi connectivity index (χ0) is 7.23. The first-order valence-corrected chi connectivity index (χ1v) is 3.51. The van der Waals surface area contributed by atoms with Crippen molar-refractivity contribution in [3.05, 3.63) is 36.4 Å². The molecule has 2 rings (SSSR count). The average molecular weight is 136 g/mol. The summed E-state index contributed by atoms with van der Waals surface area (Å²) in [7, 11) is 0. The first-order valence-electron chi connectivity index (χ1n) is 3.51. The number of benzene rings is 1. The molecule has 1 unspecified atom stereocenters. The molecule has 0 amide bonds. The van der Waals surface area contributed by atoms with Crippen LogP contribution in [0.2, 0.25) is 0 Å². The molecule has 1 atom stereocenters. The lowest BCUT2D eigenvalue weighted by Gasteiger charge is -1.69. The van der Waals surface area contributed by atoms with Crippen LogP contribution in [0.15, 0.2) is 36.4 Å². The van der Waals surface area contributed by atoms with Gasteiger partial charge in [0.15, 0.2) is 0 Å². The molecule has 1 heteroatoms. The van der Waals surface area contributed by atoms with Gasteiger partial charge in [-0.1, -0.05) is 36.4 Å². The van der Waals surface area contributed by atoms with Gasteiger partial charge in [0.2, 0.25) is 0 Å². The lowest BCUT2D eigenvalue weighted by atomic mass is 10.4. The van der Waals surface area contributed by atoms with E-state index in [0.29, 0.717) is 6.10 Å². The van der Waals surface area contributed by atoms with E-state index in [1.165, 1.54) is 0 Å². The molecular weight excluding hydrogens is 124 g/mol. The van der Waals surface area contributed by atoms with Crippen LogP contribution in [0.3, 0.4) is 0 Å². The van der Waals surface area contributed by atoms with E-state index in [2.05, 4.69) is 6.92 Å². The Balaban J connectivity index is 0.000000108. The highest BCUT2D eigenvalue weighted by molar-refractivity contribution is 4.99. The minimum absolute atomic E-state index is 0.583. The molecule has 1 aromatic rings. The van der Waals surface area contributed by atoms with Crippen molar-refractivity contribution in [1.82, 2.24) is 0 Å². The minimum atomic E-state index is 0.583. The molecule has 0 bridgehead atoms. The molecule has 10 heavy (non-hydrogen) atoms. The molecule has 1 aliphatic heterocycles. The summed E-state index contributed by atoms with van der Waals surface area (Å²) in [6.07, 6.45) is 0.583. The van der Waals surface area contributed by atoms with Crippen molar-refractivity contribution in [2.45, 2.75) is 13.0 Å². The average Bonchev–Trinajstić information content (AvgIpc) is 2.77. The number of rotatable bonds is 0. The molecule has 54 valence electrons. The van der Waals surface area contributed by atoms with E-state index in [1.54, 1.807) is 0 Å². The summed E-state index contributed by atoms with van der Waals surface area (Å²) in [5.41, 5.74) is 0. The smallest absolute Gasteiger partial charge is 0.0781 e. The Morgan fingerprint density at radius 3 is 1.30 bits per heavy atom. The number of ether oxygens (including phenoxy) is 1. The van der Waals surface area contributed by atoms with Crippen LogP contribution < -0.4 is 0 Å². The molecule has 1 aromatic carbocycles. The fourth-order valence-electron chi connectivity index (χ4n) is 0.481. The van der Waals surface area contributed by atoms with Crippen LogP contribution in [-0.4, -0.2) is 12.7 Å². The normalized spacial score (nSPS) is 20.7. The highest BCUT2D eigenvalue weighted by atomic mass is 16.6. The monoisotopic (exact) mass is 136 g/mol. The fraction of sp³-hybridized carbons (Fsp3) is 0.333. The number of epoxide rings is 1. The van der Waals surface area contributed by atoms with Crippen LogP contribution >= 0.6 is 0 Å². The largest absolute Gasteiger partial charge is 0.373 e. The highest BCUT2D eigenvalue weighted by Crippen LogP contribution is 2.04. The van der Waals surface area contributed by atoms with E-state index in [-0.39, 0.29) is 0 Å². The molecule has 0 spiro atoms. The van der Waals surface area contributed by atoms with Gasteiger partial charge in [0.05, 0.1) is 12.7 Å². The van der Waals surface area contributed by atoms with Gasteiger partial charge in [0.1, 0.15) is 0 Å². The van der Waals surface area contributed by atoms with Crippen LogP contribution in [0.1, 0.15) is 6.92 Å². The second-order valence-corrected chi connectivity index (χ2v) is 2.30. The summed E-state index contributed by atoms with van der Waals surface area (Å²) >= 11 is 0. The zero-order valence-electron chi connectivity index (χ0n) is 6.16. The van der Waals surface area contributed by atoms with Crippen LogP contribution in [0, 0.1) is 0 Å². The third-order valence-corrected chi connectivity index (χ3v) is 1.17. The lowest BCUT2D eigenvalue weighted by molar-refractivity contribution is 0.423. The van der Waals surface area contributed by atoms with Gasteiger partial charge in [-0.2, -0.15) is 0 Å². The Morgan fingerprint density at radius 1 is 1.00 bits per heavy atom. The number of hydrogen-bond acceptors (Lipinski definition) is 1. The zero-order valence-corrected chi connectivity index (χ0v) is 6.16.